The number of benzene rings is 1. The van der Waals surface area contributed by atoms with Gasteiger partial charge in [-0.1, -0.05) is 23.9 Å². The smallest absolute Gasteiger partial charge is 0.338 e. The van der Waals surface area contributed by atoms with E-state index in [0.717, 1.165) is 36.7 Å². The number of carbonyl (C=O) groups is 3. The summed E-state index contributed by atoms with van der Waals surface area (Å²) in [7, 11) is 0. The van der Waals surface area contributed by atoms with Gasteiger partial charge in [0.15, 0.2) is 0 Å². The molecule has 2 heterocycles. The lowest BCUT2D eigenvalue weighted by Gasteiger charge is -2.11. The van der Waals surface area contributed by atoms with Gasteiger partial charge < -0.3 is 10.1 Å². The van der Waals surface area contributed by atoms with E-state index >= 15 is 0 Å². The summed E-state index contributed by atoms with van der Waals surface area (Å²) in [6.07, 6.45) is 2.61. The number of esters is 1. The standard InChI is InChI=1S/C16H18N2O4S/c19-14-13(23-16(21)18-14)8-10-3-5-11(6-4-10)15(20)22-9-12-2-1-7-17-12/h3-6,12-13,17H,1-2,7-9H2,(H,18,19,21)/t12-,13?/m0/s1. The predicted molar refractivity (Wildman–Crippen MR) is 86.4 cm³/mol. The molecule has 0 spiro atoms. The zero-order valence-electron chi connectivity index (χ0n) is 12.5. The first-order valence-electron chi connectivity index (χ1n) is 7.63. The van der Waals surface area contributed by atoms with E-state index in [-0.39, 0.29) is 23.2 Å². The summed E-state index contributed by atoms with van der Waals surface area (Å²) in [5.41, 5.74) is 1.40. The number of imide groups is 1. The first-order chi connectivity index (χ1) is 11.1. The molecule has 2 amide bonds. The third kappa shape index (κ3) is 4.11. The van der Waals surface area contributed by atoms with E-state index in [4.69, 9.17) is 4.74 Å². The predicted octanol–water partition coefficient (Wildman–Crippen LogP) is 1.49. The Kier molecular flexibility index (Phi) is 4.97. The van der Waals surface area contributed by atoms with E-state index in [1.807, 2.05) is 0 Å². The minimum absolute atomic E-state index is 0.257. The van der Waals surface area contributed by atoms with Gasteiger partial charge in [-0.15, -0.1) is 0 Å². The summed E-state index contributed by atoms with van der Waals surface area (Å²) in [5, 5.41) is 4.84. The summed E-state index contributed by atoms with van der Waals surface area (Å²) in [6.45, 7) is 1.37. The van der Waals surface area contributed by atoms with Crippen LogP contribution in [0.25, 0.3) is 0 Å². The Morgan fingerprint density at radius 1 is 1.26 bits per heavy atom. The van der Waals surface area contributed by atoms with E-state index in [1.165, 1.54) is 0 Å². The van der Waals surface area contributed by atoms with E-state index in [1.54, 1.807) is 24.3 Å². The second kappa shape index (κ2) is 7.14. The number of thioether (sulfide) groups is 1. The third-order valence-corrected chi connectivity index (χ3v) is 4.94. The summed E-state index contributed by atoms with van der Waals surface area (Å²) in [6, 6.07) is 7.23. The second-order valence-corrected chi connectivity index (χ2v) is 6.85. The Labute approximate surface area is 138 Å². The molecule has 2 fully saturated rings. The Morgan fingerprint density at radius 2 is 2.04 bits per heavy atom. The molecule has 2 saturated heterocycles. The molecule has 1 aromatic rings. The van der Waals surface area contributed by atoms with Crippen molar-refractivity contribution in [2.75, 3.05) is 13.2 Å². The molecule has 23 heavy (non-hydrogen) atoms. The molecule has 0 aromatic heterocycles. The minimum Gasteiger partial charge on any atom is -0.460 e. The van der Waals surface area contributed by atoms with Crippen molar-refractivity contribution in [3.8, 4) is 0 Å². The van der Waals surface area contributed by atoms with Crippen molar-refractivity contribution >= 4 is 28.9 Å². The van der Waals surface area contributed by atoms with E-state index in [0.29, 0.717) is 18.6 Å². The van der Waals surface area contributed by atoms with Crippen LogP contribution in [0.4, 0.5) is 4.79 Å². The van der Waals surface area contributed by atoms with Crippen LogP contribution in [0.3, 0.4) is 0 Å². The average molecular weight is 334 g/mol. The first-order valence-corrected chi connectivity index (χ1v) is 8.51. The zero-order valence-corrected chi connectivity index (χ0v) is 13.4. The molecule has 2 aliphatic rings. The van der Waals surface area contributed by atoms with Crippen LogP contribution >= 0.6 is 11.8 Å². The van der Waals surface area contributed by atoms with Crippen molar-refractivity contribution in [2.24, 2.45) is 0 Å². The topological polar surface area (TPSA) is 84.5 Å². The van der Waals surface area contributed by atoms with Crippen molar-refractivity contribution in [2.45, 2.75) is 30.6 Å². The lowest BCUT2D eigenvalue weighted by molar-refractivity contribution is -0.118. The molecule has 1 aromatic carbocycles. The van der Waals surface area contributed by atoms with Crippen molar-refractivity contribution in [1.29, 1.82) is 0 Å². The quantitative estimate of drug-likeness (QED) is 0.794. The van der Waals surface area contributed by atoms with Crippen molar-refractivity contribution in [3.05, 3.63) is 35.4 Å². The third-order valence-electron chi connectivity index (χ3n) is 3.96. The van der Waals surface area contributed by atoms with E-state index in [2.05, 4.69) is 10.6 Å². The molecular weight excluding hydrogens is 316 g/mol. The molecule has 1 unspecified atom stereocenters. The number of carbonyl (C=O) groups excluding carboxylic acids is 3. The van der Waals surface area contributed by atoms with Gasteiger partial charge in [-0.05, 0) is 43.5 Å². The van der Waals surface area contributed by atoms with Crippen molar-refractivity contribution < 1.29 is 19.1 Å². The van der Waals surface area contributed by atoms with Crippen LogP contribution in [0.5, 0.6) is 0 Å². The summed E-state index contributed by atoms with van der Waals surface area (Å²) in [5.74, 6) is -0.596. The van der Waals surface area contributed by atoms with Gasteiger partial charge in [-0.25, -0.2) is 4.79 Å². The van der Waals surface area contributed by atoms with Crippen molar-refractivity contribution in [1.82, 2.24) is 10.6 Å². The van der Waals surface area contributed by atoms with Gasteiger partial charge in [0, 0.05) is 6.04 Å². The number of nitrogens with one attached hydrogen (secondary N) is 2. The van der Waals surface area contributed by atoms with Gasteiger partial charge in [0.25, 0.3) is 5.24 Å². The molecule has 7 heteroatoms. The van der Waals surface area contributed by atoms with Gasteiger partial charge in [0.05, 0.1) is 10.8 Å². The van der Waals surface area contributed by atoms with Gasteiger partial charge in [-0.3, -0.25) is 14.9 Å². The van der Waals surface area contributed by atoms with Crippen LogP contribution in [0, 0.1) is 0 Å². The second-order valence-electron chi connectivity index (χ2n) is 5.68. The number of hydrogen-bond acceptors (Lipinski definition) is 6. The molecule has 2 N–H and O–H groups in total. The lowest BCUT2D eigenvalue weighted by Crippen LogP contribution is -2.28. The van der Waals surface area contributed by atoms with Crippen LogP contribution in [-0.4, -0.2) is 41.6 Å². The number of amides is 2. The highest BCUT2D eigenvalue weighted by Crippen LogP contribution is 2.23. The maximum Gasteiger partial charge on any atom is 0.338 e. The van der Waals surface area contributed by atoms with E-state index in [9.17, 15) is 14.4 Å². The van der Waals surface area contributed by atoms with Gasteiger partial charge in [0.2, 0.25) is 5.91 Å². The summed E-state index contributed by atoms with van der Waals surface area (Å²) in [4.78, 5) is 34.7. The van der Waals surface area contributed by atoms with Crippen molar-refractivity contribution in [3.63, 3.8) is 0 Å². The molecule has 2 aliphatic heterocycles. The highest BCUT2D eigenvalue weighted by molar-refractivity contribution is 8.15. The van der Waals surface area contributed by atoms with Crippen LogP contribution in [0.2, 0.25) is 0 Å². The van der Waals surface area contributed by atoms with Crippen LogP contribution in [0.1, 0.15) is 28.8 Å². The van der Waals surface area contributed by atoms with E-state index < -0.39 is 5.25 Å². The molecule has 122 valence electrons. The largest absolute Gasteiger partial charge is 0.460 e. The Hall–Kier alpha value is -1.86. The van der Waals surface area contributed by atoms with Gasteiger partial charge in [-0.2, -0.15) is 0 Å². The average Bonchev–Trinajstić information content (AvgIpc) is 3.16. The fraction of sp³-hybridized carbons (Fsp3) is 0.438. The van der Waals surface area contributed by atoms with Gasteiger partial charge in [0.1, 0.15) is 6.61 Å². The number of ether oxygens (including phenoxy) is 1. The normalized spacial score (nSPS) is 23.8. The van der Waals surface area contributed by atoms with Gasteiger partial charge >= 0.3 is 5.97 Å². The molecule has 2 atom stereocenters. The Morgan fingerprint density at radius 3 is 2.65 bits per heavy atom. The summed E-state index contributed by atoms with van der Waals surface area (Å²) < 4.78 is 5.30. The maximum absolute atomic E-state index is 12.0. The zero-order chi connectivity index (χ0) is 16.2. The molecular formula is C16H18N2O4S. The molecule has 0 bridgehead atoms. The molecule has 0 saturated carbocycles. The lowest BCUT2D eigenvalue weighted by atomic mass is 10.1. The monoisotopic (exact) mass is 334 g/mol. The summed E-state index contributed by atoms with van der Waals surface area (Å²) >= 11 is 1.00. The Balaban J connectivity index is 1.52. The first kappa shape index (κ1) is 16.0. The van der Waals surface area contributed by atoms with Crippen LogP contribution in [-0.2, 0) is 16.0 Å². The fourth-order valence-electron chi connectivity index (χ4n) is 2.68. The Bertz CT molecular complexity index is 611. The minimum atomic E-state index is -0.395. The highest BCUT2D eigenvalue weighted by Gasteiger charge is 2.31. The molecule has 3 rings (SSSR count). The maximum atomic E-state index is 12.0. The number of rotatable bonds is 5. The molecule has 0 radical (unpaired) electrons. The van der Waals surface area contributed by atoms with Crippen LogP contribution < -0.4 is 10.6 Å². The molecule has 6 nitrogen and oxygen atoms in total. The highest BCUT2D eigenvalue weighted by atomic mass is 32.2. The van der Waals surface area contributed by atoms with Crippen LogP contribution in [0.15, 0.2) is 24.3 Å². The SMILES string of the molecule is O=C1NC(=O)C(Cc2ccc(C(=O)OC[C@@H]3CCCN3)cc2)S1. The molecule has 0 aliphatic carbocycles. The number of hydrogen-bond donors (Lipinski definition) is 2. The fourth-order valence-corrected chi connectivity index (χ4v) is 3.54.